The van der Waals surface area contributed by atoms with Crippen molar-refractivity contribution in [1.29, 1.82) is 0 Å². The molecule has 2 saturated carbocycles. The summed E-state index contributed by atoms with van der Waals surface area (Å²) in [4.78, 5) is 28.7. The fourth-order valence-corrected chi connectivity index (χ4v) is 8.63. The third kappa shape index (κ3) is 25.5. The van der Waals surface area contributed by atoms with Crippen LogP contribution in [0, 0.1) is 48.3 Å². The minimum atomic E-state index is -0.463. The van der Waals surface area contributed by atoms with E-state index in [1.807, 2.05) is 67.7 Å². The predicted molar refractivity (Wildman–Crippen MR) is 297 cm³/mol. The lowest BCUT2D eigenvalue weighted by atomic mass is 9.66. The average molecular weight is 930 g/mol. The van der Waals surface area contributed by atoms with Gasteiger partial charge in [0.15, 0.2) is 0 Å². The van der Waals surface area contributed by atoms with Crippen LogP contribution < -0.4 is 5.32 Å². The monoisotopic (exact) mass is 929 g/mol. The molecule has 1 aromatic rings. The first-order valence-electron chi connectivity index (χ1n) is 26.7. The van der Waals surface area contributed by atoms with Crippen molar-refractivity contribution < 1.29 is 14.0 Å². The molecule has 2 fully saturated rings. The molecular formula is C62H105FN2O2. The van der Waals surface area contributed by atoms with Gasteiger partial charge in [0.2, 0.25) is 0 Å². The Hall–Kier alpha value is -3.60. The quantitative estimate of drug-likeness (QED) is 0.105. The number of hydrogen-bond acceptors (Lipinski definition) is 4. The summed E-state index contributed by atoms with van der Waals surface area (Å²) in [6, 6.07) is 6.35. The van der Waals surface area contributed by atoms with Gasteiger partial charge < -0.3 is 5.32 Å². The van der Waals surface area contributed by atoms with E-state index in [0.717, 1.165) is 107 Å². The number of nitrogens with one attached hydrogen (secondary N) is 1. The molecule has 0 radical (unpaired) electrons. The zero-order valence-corrected chi connectivity index (χ0v) is 47.1. The fourth-order valence-electron chi connectivity index (χ4n) is 8.63. The number of rotatable bonds is 20. The van der Waals surface area contributed by atoms with Gasteiger partial charge in [0.05, 0.1) is 16.8 Å². The smallest absolute Gasteiger partial charge is 0.146 e. The minimum absolute atomic E-state index is 0.0243. The Bertz CT molecular complexity index is 1730. The van der Waals surface area contributed by atoms with Gasteiger partial charge in [-0.05, 0) is 149 Å². The lowest BCUT2D eigenvalue weighted by Gasteiger charge is -2.36. The molecule has 4 nitrogen and oxygen atoms in total. The molecule has 1 N–H and O–H groups in total. The molecule has 1 atom stereocenters. The van der Waals surface area contributed by atoms with E-state index in [2.05, 4.69) is 106 Å². The van der Waals surface area contributed by atoms with E-state index in [-0.39, 0.29) is 11.8 Å². The number of carbonyl (C=O) groups is 2. The summed E-state index contributed by atoms with van der Waals surface area (Å²) in [5, 5.41) is 3.16. The molecule has 5 heteroatoms. The Morgan fingerprint density at radius 2 is 1.40 bits per heavy atom. The molecule has 0 bridgehead atoms. The first kappa shape index (κ1) is 65.5. The number of aliphatic imine (C=N–C) groups is 1. The summed E-state index contributed by atoms with van der Waals surface area (Å²) < 4.78 is 14.3. The van der Waals surface area contributed by atoms with Crippen LogP contribution in [-0.4, -0.2) is 17.8 Å². The largest absolute Gasteiger partial charge is 0.356 e. The van der Waals surface area contributed by atoms with Crippen molar-refractivity contribution in [2.75, 3.05) is 0 Å². The van der Waals surface area contributed by atoms with Crippen LogP contribution in [0.15, 0.2) is 89.1 Å². The molecule has 0 saturated heterocycles. The van der Waals surface area contributed by atoms with E-state index in [4.69, 9.17) is 4.99 Å². The highest BCUT2D eigenvalue weighted by atomic mass is 19.1. The molecule has 0 amide bonds. The van der Waals surface area contributed by atoms with Crippen LogP contribution in [0.2, 0.25) is 0 Å². The van der Waals surface area contributed by atoms with E-state index < -0.39 is 11.2 Å². The van der Waals surface area contributed by atoms with Crippen LogP contribution in [-0.2, 0) is 15.0 Å². The molecule has 2 aliphatic rings. The van der Waals surface area contributed by atoms with Gasteiger partial charge in [-0.1, -0.05) is 186 Å². The standard InChI is InChI=1S/C36H51FN2O.C9H18.C7H14.C6H12O.C4H10/c1-12-17-33(32(37)16-5)39-29(11)28(10)34(38-22-15-4)24-26(8)30-18-19-31(27(9)23-30)36(20-13-2,21-14-3)35(40)25(6)7;1-3-9-6-4-8(2)5-7-9;1-3-7-4-6(2)5-7;1-4-5(2)6(3)7;1-4(2)3/h12,16-19,22-25,39H,5,8,13-15,20-21H2,1-4,6-7,9-11H3;8-9H,3-7H2,1-2H3;6-7H,3-5H2,1-2H3;5H,4H2,1-3H3;4H,1-3H3/b17-12-,29-28+,33-32-,34-24+,38-22?;;;;. The summed E-state index contributed by atoms with van der Waals surface area (Å²) in [6.07, 6.45) is 25.6. The minimum Gasteiger partial charge on any atom is -0.356 e. The van der Waals surface area contributed by atoms with Gasteiger partial charge in [-0.2, -0.15) is 0 Å². The zero-order valence-electron chi connectivity index (χ0n) is 47.1. The maximum Gasteiger partial charge on any atom is 0.146 e. The maximum absolute atomic E-state index is 14.3. The second-order valence-corrected chi connectivity index (χ2v) is 20.8. The van der Waals surface area contributed by atoms with Crippen molar-refractivity contribution in [1.82, 2.24) is 5.32 Å². The molecule has 1 unspecified atom stereocenters. The molecule has 3 rings (SSSR count). The summed E-state index contributed by atoms with van der Waals surface area (Å²) in [6.45, 7) is 47.5. The molecule has 0 aromatic heterocycles. The maximum atomic E-state index is 14.3. The number of aryl methyl sites for hydroxylation is 1. The number of Topliss-reactive ketones (excluding diaryl/α,β-unsaturated/α-hetero) is 2. The van der Waals surface area contributed by atoms with Crippen LogP contribution in [0.4, 0.5) is 4.39 Å². The molecular weight excluding hydrogens is 824 g/mol. The average Bonchev–Trinajstić information content (AvgIpc) is 3.28. The Morgan fingerprint density at radius 1 is 0.866 bits per heavy atom. The number of ketones is 2. The van der Waals surface area contributed by atoms with Gasteiger partial charge >= 0.3 is 0 Å². The Balaban J connectivity index is 0. The number of hydrogen-bond donors (Lipinski definition) is 1. The second kappa shape index (κ2) is 36.4. The van der Waals surface area contributed by atoms with E-state index in [1.54, 1.807) is 19.1 Å². The molecule has 382 valence electrons. The Morgan fingerprint density at radius 3 is 1.76 bits per heavy atom. The van der Waals surface area contributed by atoms with Gasteiger partial charge in [0.1, 0.15) is 17.4 Å². The molecule has 0 spiro atoms. The lowest BCUT2D eigenvalue weighted by molar-refractivity contribution is -0.128. The van der Waals surface area contributed by atoms with Crippen molar-refractivity contribution in [3.8, 4) is 0 Å². The summed E-state index contributed by atoms with van der Waals surface area (Å²) in [5.41, 5.74) is 6.32. The zero-order chi connectivity index (χ0) is 51.9. The second-order valence-electron chi connectivity index (χ2n) is 20.8. The van der Waals surface area contributed by atoms with Crippen molar-refractivity contribution in [2.45, 2.75) is 227 Å². The van der Waals surface area contributed by atoms with E-state index in [1.165, 1.54) is 57.4 Å². The first-order chi connectivity index (χ1) is 31.5. The van der Waals surface area contributed by atoms with Crippen LogP contribution in [0.1, 0.15) is 231 Å². The number of carbonyl (C=O) groups excluding carboxylic acids is 2. The number of benzene rings is 1. The van der Waals surface area contributed by atoms with Gasteiger partial charge in [-0.3, -0.25) is 14.6 Å². The normalized spacial score (nSPS) is 19.5. The summed E-state index contributed by atoms with van der Waals surface area (Å²) in [7, 11) is 0. The van der Waals surface area contributed by atoms with Gasteiger partial charge in [0.25, 0.3) is 0 Å². The number of halogens is 1. The Labute approximate surface area is 415 Å². The van der Waals surface area contributed by atoms with Crippen molar-refractivity contribution in [2.24, 2.45) is 46.4 Å². The third-order valence-electron chi connectivity index (χ3n) is 13.3. The lowest BCUT2D eigenvalue weighted by Crippen LogP contribution is -2.39. The van der Waals surface area contributed by atoms with Crippen LogP contribution in [0.5, 0.6) is 0 Å². The number of allylic oxidation sites excluding steroid dienone is 8. The van der Waals surface area contributed by atoms with Crippen LogP contribution in [0.25, 0.3) is 5.57 Å². The fraction of sp³-hybridized carbons (Fsp3) is 0.661. The number of nitrogens with zero attached hydrogens (tertiary/aromatic N) is 1. The van der Waals surface area contributed by atoms with E-state index >= 15 is 0 Å². The highest BCUT2D eigenvalue weighted by Crippen LogP contribution is 2.40. The van der Waals surface area contributed by atoms with Crippen LogP contribution in [0.3, 0.4) is 0 Å². The third-order valence-corrected chi connectivity index (χ3v) is 13.3. The van der Waals surface area contributed by atoms with Crippen molar-refractivity contribution >= 4 is 23.4 Å². The highest BCUT2D eigenvalue weighted by molar-refractivity contribution is 5.92. The molecule has 67 heavy (non-hydrogen) atoms. The summed E-state index contributed by atoms with van der Waals surface area (Å²) >= 11 is 0. The van der Waals surface area contributed by atoms with Gasteiger partial charge in [0, 0.05) is 23.7 Å². The highest BCUT2D eigenvalue weighted by Gasteiger charge is 2.40. The van der Waals surface area contributed by atoms with E-state index in [0.29, 0.717) is 17.3 Å². The molecule has 0 aliphatic heterocycles. The molecule has 0 heterocycles. The topological polar surface area (TPSA) is 58.5 Å². The van der Waals surface area contributed by atoms with Crippen molar-refractivity contribution in [3.63, 3.8) is 0 Å². The van der Waals surface area contributed by atoms with E-state index in [9.17, 15) is 14.0 Å². The van der Waals surface area contributed by atoms with Crippen LogP contribution >= 0.6 is 0 Å². The first-order valence-corrected chi connectivity index (χ1v) is 26.7. The van der Waals surface area contributed by atoms with Gasteiger partial charge in [-0.15, -0.1) is 0 Å². The SMILES string of the molecule is C=C/C(F)=C(\C=C/C)N/C(C)=C(C)/C(=C\C(=C)c1ccc(C(CCC)(CCC)C(=O)C(C)C)c(C)c1)N=CCC.CC(C)C.CCC(C)C(C)=O.CCC1CC(C)C1.CCC1CCC(C)CC1. The summed E-state index contributed by atoms with van der Waals surface area (Å²) in [5.74, 6) is 5.50. The Kier molecular flexibility index (Phi) is 35.6. The van der Waals surface area contributed by atoms with Crippen molar-refractivity contribution in [3.05, 3.63) is 101 Å². The van der Waals surface area contributed by atoms with Gasteiger partial charge in [-0.25, -0.2) is 4.39 Å². The molecule has 2 aliphatic carbocycles. The predicted octanol–water partition coefficient (Wildman–Crippen LogP) is 19.2. The molecule has 1 aromatic carbocycles.